The lowest BCUT2D eigenvalue weighted by Gasteiger charge is -2.18. The lowest BCUT2D eigenvalue weighted by molar-refractivity contribution is 0.338. The summed E-state index contributed by atoms with van der Waals surface area (Å²) in [5.74, 6) is 0. The predicted molar refractivity (Wildman–Crippen MR) is 62.9 cm³/mol. The Hall–Kier alpha value is 0.390. The van der Waals surface area contributed by atoms with Crippen LogP contribution in [-0.4, -0.2) is 44.6 Å². The van der Waals surface area contributed by atoms with Crippen molar-refractivity contribution in [2.45, 2.75) is 0 Å². The highest BCUT2D eigenvalue weighted by Gasteiger charge is 2.15. The molecule has 0 rings (SSSR count). The smallest absolute Gasteiger partial charge is 0.310 e. The highest BCUT2D eigenvalue weighted by molar-refractivity contribution is 8.14. The van der Waals surface area contributed by atoms with Gasteiger partial charge in [-0.3, -0.25) is 0 Å². The van der Waals surface area contributed by atoms with Crippen LogP contribution in [0.5, 0.6) is 0 Å². The van der Waals surface area contributed by atoms with E-state index in [1.165, 1.54) is 26.0 Å². The summed E-state index contributed by atoms with van der Waals surface area (Å²) >= 11 is 6.62. The molecule has 0 amide bonds. The van der Waals surface area contributed by atoms with Crippen LogP contribution >= 0.6 is 18.4 Å². The van der Waals surface area contributed by atoms with Gasteiger partial charge in [-0.1, -0.05) is 11.8 Å². The molecule has 4 nitrogen and oxygen atoms in total. The molecule has 0 heterocycles. The molecule has 0 aromatic carbocycles. The Labute approximate surface area is 88.9 Å². The molecule has 0 N–H and O–H groups in total. The average molecular weight is 242 g/mol. The van der Waals surface area contributed by atoms with E-state index in [1.54, 1.807) is 0 Å². The zero-order valence-corrected chi connectivity index (χ0v) is 11.0. The number of hydrogen-bond acceptors (Lipinski definition) is 4. The van der Waals surface area contributed by atoms with E-state index in [0.717, 1.165) is 5.17 Å². The topological polar surface area (TPSA) is 34.1 Å². The lowest BCUT2D eigenvalue weighted by Crippen LogP contribution is -2.18. The first-order chi connectivity index (χ1) is 5.99. The third-order valence-electron chi connectivity index (χ3n) is 1.23. The van der Waals surface area contributed by atoms with Gasteiger partial charge >= 0.3 is 6.64 Å². The lowest BCUT2D eigenvalue weighted by atomic mass is 10.9. The van der Waals surface area contributed by atoms with Gasteiger partial charge in [0.2, 0.25) is 0 Å². The third kappa shape index (κ3) is 4.42. The maximum atomic E-state index is 5.11. The first kappa shape index (κ1) is 13.4. The summed E-state index contributed by atoms with van der Waals surface area (Å²) in [4.78, 5) is 1.88. The van der Waals surface area contributed by atoms with Gasteiger partial charge in [0, 0.05) is 28.3 Å². The van der Waals surface area contributed by atoms with Gasteiger partial charge in [0.15, 0.2) is 5.17 Å². The molecule has 78 valence electrons. The van der Waals surface area contributed by atoms with Crippen LogP contribution in [0.4, 0.5) is 0 Å². The fourth-order valence-corrected chi connectivity index (χ4v) is 2.68. The maximum absolute atomic E-state index is 5.11. The minimum absolute atomic E-state index is 0.812. The van der Waals surface area contributed by atoms with Crippen molar-refractivity contribution in [2.24, 2.45) is 4.76 Å². The molecule has 0 spiro atoms. The van der Waals surface area contributed by atoms with Crippen LogP contribution < -0.4 is 0 Å². The van der Waals surface area contributed by atoms with Crippen LogP contribution in [0.3, 0.4) is 0 Å². The quantitative estimate of drug-likeness (QED) is 0.428. The Morgan fingerprint density at radius 2 is 1.85 bits per heavy atom. The van der Waals surface area contributed by atoms with Crippen molar-refractivity contribution in [3.8, 4) is 0 Å². The van der Waals surface area contributed by atoms with Crippen LogP contribution in [0.2, 0.25) is 0 Å². The first-order valence-electron chi connectivity index (χ1n) is 3.52. The van der Waals surface area contributed by atoms with E-state index in [9.17, 15) is 0 Å². The normalized spacial score (nSPS) is 13.2. The standard InChI is InChI=1S/C6H15N2O2PS2/c1-8(2)6(13-5)7-11(12,9-3)10-4/h1-5H3. The molecule has 7 heteroatoms. The molecule has 0 aromatic heterocycles. The zero-order chi connectivity index (χ0) is 10.5. The number of thioether (sulfide) groups is 1. The van der Waals surface area contributed by atoms with E-state index in [1.807, 2.05) is 25.3 Å². The summed E-state index contributed by atoms with van der Waals surface area (Å²) in [5.41, 5.74) is 0. The van der Waals surface area contributed by atoms with Gasteiger partial charge in [0.1, 0.15) is 0 Å². The van der Waals surface area contributed by atoms with E-state index in [2.05, 4.69) is 4.76 Å². The fraction of sp³-hybridized carbons (Fsp3) is 0.833. The summed E-state index contributed by atoms with van der Waals surface area (Å²) in [7, 11) is 6.84. The second kappa shape index (κ2) is 5.98. The molecule has 0 fully saturated rings. The largest absolute Gasteiger partial charge is 0.357 e. The molecular formula is C6H15N2O2PS2. The summed E-state index contributed by atoms with van der Waals surface area (Å²) < 4.78 is 14.3. The molecule has 0 saturated carbocycles. The number of nitrogens with zero attached hydrogens (tertiary/aromatic N) is 2. The van der Waals surface area contributed by atoms with E-state index >= 15 is 0 Å². The Morgan fingerprint density at radius 3 is 2.08 bits per heavy atom. The van der Waals surface area contributed by atoms with Gasteiger partial charge in [-0.25, -0.2) is 0 Å². The molecule has 0 saturated heterocycles. The zero-order valence-electron chi connectivity index (χ0n) is 8.47. The number of amidine groups is 1. The summed E-state index contributed by atoms with van der Waals surface area (Å²) in [6.07, 6.45) is 1.93. The summed E-state index contributed by atoms with van der Waals surface area (Å²) in [6, 6.07) is 0. The van der Waals surface area contributed by atoms with Crippen LogP contribution in [0.25, 0.3) is 0 Å². The summed E-state index contributed by atoms with van der Waals surface area (Å²) in [6.45, 7) is -2.45. The molecule has 0 atom stereocenters. The van der Waals surface area contributed by atoms with Gasteiger partial charge in [-0.05, 0) is 18.1 Å². The highest BCUT2D eigenvalue weighted by Crippen LogP contribution is 2.49. The van der Waals surface area contributed by atoms with Crippen molar-refractivity contribution in [3.05, 3.63) is 0 Å². The molecule has 0 unspecified atom stereocenters. The van der Waals surface area contributed by atoms with E-state index in [0.29, 0.717) is 0 Å². The monoisotopic (exact) mass is 242 g/mol. The molecule has 0 aliphatic rings. The van der Waals surface area contributed by atoms with Gasteiger partial charge in [0.05, 0.1) is 0 Å². The van der Waals surface area contributed by atoms with Crippen LogP contribution in [0, 0.1) is 0 Å². The Kier molecular flexibility index (Phi) is 6.16. The van der Waals surface area contributed by atoms with Gasteiger partial charge in [-0.15, -0.1) is 0 Å². The molecule has 0 aliphatic heterocycles. The molecule has 0 radical (unpaired) electrons. The molecule has 0 bridgehead atoms. The van der Waals surface area contributed by atoms with Crippen molar-refractivity contribution in [2.75, 3.05) is 34.6 Å². The van der Waals surface area contributed by atoms with Gasteiger partial charge in [0.25, 0.3) is 0 Å². The first-order valence-corrected chi connectivity index (χ1v) is 7.33. The van der Waals surface area contributed by atoms with Crippen molar-refractivity contribution in [3.63, 3.8) is 0 Å². The van der Waals surface area contributed by atoms with Gasteiger partial charge in [-0.2, -0.15) is 4.76 Å². The van der Waals surface area contributed by atoms with Crippen molar-refractivity contribution in [1.82, 2.24) is 4.90 Å². The minimum atomic E-state index is -2.45. The minimum Gasteiger partial charge on any atom is -0.357 e. The van der Waals surface area contributed by atoms with Crippen molar-refractivity contribution < 1.29 is 9.05 Å². The SMILES string of the molecule is COP(=S)(N=C(SC)N(C)C)OC. The number of hydrogen-bond donors (Lipinski definition) is 0. The van der Waals surface area contributed by atoms with Crippen LogP contribution in [0.1, 0.15) is 0 Å². The summed E-state index contributed by atoms with van der Waals surface area (Å²) in [5, 5.41) is 0.812. The average Bonchev–Trinajstić information content (AvgIpc) is 2.13. The van der Waals surface area contributed by atoms with E-state index in [-0.39, 0.29) is 0 Å². The van der Waals surface area contributed by atoms with Crippen molar-refractivity contribution >= 4 is 35.4 Å². The molecule has 0 aliphatic carbocycles. The van der Waals surface area contributed by atoms with Crippen molar-refractivity contribution in [1.29, 1.82) is 0 Å². The Balaban J connectivity index is 4.75. The fourth-order valence-electron chi connectivity index (χ4n) is 0.574. The second-order valence-corrected chi connectivity index (χ2v) is 6.34. The molecular weight excluding hydrogens is 227 g/mol. The Morgan fingerprint density at radius 1 is 1.38 bits per heavy atom. The van der Waals surface area contributed by atoms with Crippen LogP contribution in [-0.2, 0) is 20.9 Å². The second-order valence-electron chi connectivity index (χ2n) is 2.31. The maximum Gasteiger partial charge on any atom is 0.310 e. The van der Waals surface area contributed by atoms with Gasteiger partial charge < -0.3 is 13.9 Å². The van der Waals surface area contributed by atoms with E-state index < -0.39 is 6.64 Å². The predicted octanol–water partition coefficient (Wildman–Crippen LogP) is 1.78. The molecule has 0 aromatic rings. The number of rotatable bonds is 3. The van der Waals surface area contributed by atoms with E-state index in [4.69, 9.17) is 20.9 Å². The highest BCUT2D eigenvalue weighted by atomic mass is 32.5. The third-order valence-corrected chi connectivity index (χ3v) is 4.69. The Bertz CT molecular complexity index is 225. The van der Waals surface area contributed by atoms with Crippen LogP contribution in [0.15, 0.2) is 4.76 Å². The molecule has 13 heavy (non-hydrogen) atoms.